The monoisotopic (exact) mass is 594 g/mol. The Morgan fingerprint density at radius 1 is 0.326 bits per heavy atom. The molecule has 1 heterocycles. The van der Waals surface area contributed by atoms with Crippen molar-refractivity contribution in [1.29, 1.82) is 0 Å². The van der Waals surface area contributed by atoms with Gasteiger partial charge in [0.1, 0.15) is 11.5 Å². The summed E-state index contributed by atoms with van der Waals surface area (Å²) >= 11 is 0. The van der Waals surface area contributed by atoms with Crippen LogP contribution in [0.5, 0.6) is 11.5 Å². The lowest BCUT2D eigenvalue weighted by Crippen LogP contribution is -2.24. The Morgan fingerprint density at radius 3 is 0.978 bits per heavy atom. The molecule has 0 saturated carbocycles. The Morgan fingerprint density at radius 2 is 0.630 bits per heavy atom. The molecule has 0 aliphatic carbocycles. The fraction of sp³-hybridized carbons (Fsp3) is 0.0476. The van der Waals surface area contributed by atoms with Crippen LogP contribution in [0, 0.1) is 0 Å². The van der Waals surface area contributed by atoms with E-state index in [2.05, 4.69) is 143 Å². The van der Waals surface area contributed by atoms with Crippen LogP contribution in [0.25, 0.3) is 43.1 Å². The Balaban J connectivity index is 1.34. The van der Waals surface area contributed by atoms with Crippen molar-refractivity contribution in [2.24, 2.45) is 0 Å². The van der Waals surface area contributed by atoms with Crippen molar-refractivity contribution >= 4 is 77.2 Å². The molecule has 9 rings (SSSR count). The zero-order valence-corrected chi connectivity index (χ0v) is 25.6. The summed E-state index contributed by atoms with van der Waals surface area (Å²) in [5.41, 5.74) is 6.73. The van der Waals surface area contributed by atoms with Crippen LogP contribution in [0.15, 0.2) is 146 Å². The highest BCUT2D eigenvalue weighted by Crippen LogP contribution is 2.56. The largest absolute Gasteiger partial charge is 0.497 e. The van der Waals surface area contributed by atoms with Crippen LogP contribution in [0.2, 0.25) is 0 Å². The molecule has 8 aromatic rings. The summed E-state index contributed by atoms with van der Waals surface area (Å²) in [6.45, 7) is 0. The Bertz CT molecular complexity index is 2230. The second kappa shape index (κ2) is 10.3. The molecule has 0 spiro atoms. The van der Waals surface area contributed by atoms with Gasteiger partial charge in [-0.3, -0.25) is 0 Å². The molecule has 1 aliphatic heterocycles. The third kappa shape index (κ3) is 4.15. The lowest BCUT2D eigenvalue weighted by Gasteiger charge is -2.41. The Hall–Kier alpha value is -6.00. The molecule has 46 heavy (non-hydrogen) atoms. The van der Waals surface area contributed by atoms with Crippen molar-refractivity contribution in [3.05, 3.63) is 146 Å². The van der Waals surface area contributed by atoms with Gasteiger partial charge in [-0.05, 0) is 116 Å². The molecule has 0 unspecified atom stereocenters. The molecular formula is C42H30N2O2. The van der Waals surface area contributed by atoms with Gasteiger partial charge in [0.15, 0.2) is 0 Å². The minimum Gasteiger partial charge on any atom is -0.497 e. The van der Waals surface area contributed by atoms with Crippen LogP contribution in [0.3, 0.4) is 0 Å². The minimum atomic E-state index is 0.858. The molecule has 0 bridgehead atoms. The zero-order chi connectivity index (χ0) is 30.8. The van der Waals surface area contributed by atoms with Crippen LogP contribution in [-0.2, 0) is 0 Å². The molecule has 0 amide bonds. The van der Waals surface area contributed by atoms with E-state index in [1.54, 1.807) is 14.2 Å². The smallest absolute Gasteiger partial charge is 0.119 e. The van der Waals surface area contributed by atoms with Crippen molar-refractivity contribution < 1.29 is 9.47 Å². The predicted octanol–water partition coefficient (Wildman–Crippen LogP) is 11.6. The van der Waals surface area contributed by atoms with E-state index in [0.717, 1.165) is 67.2 Å². The topological polar surface area (TPSA) is 24.9 Å². The maximum absolute atomic E-state index is 5.51. The van der Waals surface area contributed by atoms with Gasteiger partial charge in [0, 0.05) is 11.4 Å². The van der Waals surface area contributed by atoms with Gasteiger partial charge in [0.25, 0.3) is 0 Å². The normalized spacial score (nSPS) is 12.5. The Kier molecular flexibility index (Phi) is 5.90. The van der Waals surface area contributed by atoms with Gasteiger partial charge in [0.2, 0.25) is 0 Å². The summed E-state index contributed by atoms with van der Waals surface area (Å²) in [7, 11) is 3.42. The second-order valence-electron chi connectivity index (χ2n) is 11.8. The Labute approximate surface area is 267 Å². The average Bonchev–Trinajstić information content (AvgIpc) is 3.11. The number of ether oxygens (including phenoxy) is 2. The van der Waals surface area contributed by atoms with Crippen molar-refractivity contribution in [3.8, 4) is 11.5 Å². The molecule has 4 heteroatoms. The van der Waals surface area contributed by atoms with Gasteiger partial charge < -0.3 is 19.3 Å². The van der Waals surface area contributed by atoms with Gasteiger partial charge in [-0.2, -0.15) is 0 Å². The molecule has 0 radical (unpaired) electrons. The second-order valence-corrected chi connectivity index (χ2v) is 11.8. The minimum absolute atomic E-state index is 0.858. The van der Waals surface area contributed by atoms with Gasteiger partial charge in [-0.25, -0.2) is 0 Å². The summed E-state index contributed by atoms with van der Waals surface area (Å²) in [4.78, 5) is 4.85. The van der Waals surface area contributed by atoms with E-state index < -0.39 is 0 Å². The molecule has 0 fully saturated rings. The highest BCUT2D eigenvalue weighted by Gasteiger charge is 2.32. The predicted molar refractivity (Wildman–Crippen MR) is 192 cm³/mol. The lowest BCUT2D eigenvalue weighted by molar-refractivity contribution is 0.415. The van der Waals surface area contributed by atoms with Crippen LogP contribution >= 0.6 is 0 Å². The molecule has 0 atom stereocenters. The molecule has 0 N–H and O–H groups in total. The van der Waals surface area contributed by atoms with Gasteiger partial charge in [-0.15, -0.1) is 0 Å². The summed E-state index contributed by atoms with van der Waals surface area (Å²) in [5.74, 6) is 1.72. The molecule has 220 valence electrons. The van der Waals surface area contributed by atoms with E-state index >= 15 is 0 Å². The molecule has 4 nitrogen and oxygen atoms in total. The SMILES string of the molecule is COc1ccc2cc(N3c4cc5ccccc5cc4N(c4ccc5cc(OC)ccc5c4)c4cc5ccccc5cc43)ccc2c1. The molecular weight excluding hydrogens is 564 g/mol. The van der Waals surface area contributed by atoms with E-state index in [1.165, 1.54) is 21.5 Å². The number of benzene rings is 8. The van der Waals surface area contributed by atoms with E-state index in [0.29, 0.717) is 0 Å². The van der Waals surface area contributed by atoms with E-state index in [1.807, 2.05) is 12.1 Å². The first-order valence-corrected chi connectivity index (χ1v) is 15.5. The van der Waals surface area contributed by atoms with Crippen molar-refractivity contribution in [2.75, 3.05) is 24.0 Å². The number of fused-ring (bicyclic) bond motifs is 6. The standard InChI is InChI=1S/C42H30N2O2/c1-45-37-17-13-31-19-35(15-11-33(31)21-37)43-39-23-27-7-3-5-9-29(27)25-41(39)44(42-26-30-10-6-4-8-28(30)24-40(42)43)36-16-12-34-22-38(46-2)18-14-32(34)20-36/h3-26H,1-2H3. The van der Waals surface area contributed by atoms with Crippen LogP contribution in [0.1, 0.15) is 0 Å². The molecule has 8 aromatic carbocycles. The van der Waals surface area contributed by atoms with Gasteiger partial charge in [-0.1, -0.05) is 72.8 Å². The average molecular weight is 595 g/mol. The molecule has 0 saturated heterocycles. The fourth-order valence-electron chi connectivity index (χ4n) is 6.92. The first-order valence-electron chi connectivity index (χ1n) is 15.5. The summed E-state index contributed by atoms with van der Waals surface area (Å²) in [6, 6.07) is 52.5. The third-order valence-electron chi connectivity index (χ3n) is 9.23. The zero-order valence-electron chi connectivity index (χ0n) is 25.6. The highest BCUT2D eigenvalue weighted by molar-refractivity contribution is 6.10. The van der Waals surface area contributed by atoms with Crippen molar-refractivity contribution in [1.82, 2.24) is 0 Å². The number of nitrogens with zero attached hydrogens (tertiary/aromatic N) is 2. The number of hydrogen-bond acceptors (Lipinski definition) is 4. The first kappa shape index (κ1) is 26.4. The summed E-state index contributed by atoms with van der Waals surface area (Å²) in [5, 5.41) is 9.42. The van der Waals surface area contributed by atoms with Crippen LogP contribution < -0.4 is 19.3 Å². The number of rotatable bonds is 4. The molecule has 1 aliphatic rings. The highest BCUT2D eigenvalue weighted by atomic mass is 16.5. The van der Waals surface area contributed by atoms with Crippen LogP contribution in [-0.4, -0.2) is 14.2 Å². The van der Waals surface area contributed by atoms with Gasteiger partial charge in [0.05, 0.1) is 37.0 Å². The maximum atomic E-state index is 5.51. The number of methoxy groups -OCH3 is 2. The van der Waals surface area contributed by atoms with Crippen LogP contribution in [0.4, 0.5) is 34.1 Å². The van der Waals surface area contributed by atoms with E-state index in [-0.39, 0.29) is 0 Å². The number of hydrogen-bond donors (Lipinski definition) is 0. The maximum Gasteiger partial charge on any atom is 0.119 e. The van der Waals surface area contributed by atoms with Crippen molar-refractivity contribution in [2.45, 2.75) is 0 Å². The van der Waals surface area contributed by atoms with E-state index in [4.69, 9.17) is 9.47 Å². The third-order valence-corrected chi connectivity index (χ3v) is 9.23. The quantitative estimate of drug-likeness (QED) is 0.202. The number of anilines is 6. The molecule has 0 aromatic heterocycles. The summed E-state index contributed by atoms with van der Waals surface area (Å²) in [6.07, 6.45) is 0. The van der Waals surface area contributed by atoms with Gasteiger partial charge >= 0.3 is 0 Å². The van der Waals surface area contributed by atoms with E-state index in [9.17, 15) is 0 Å². The first-order chi connectivity index (χ1) is 22.7. The fourth-order valence-corrected chi connectivity index (χ4v) is 6.92. The summed E-state index contributed by atoms with van der Waals surface area (Å²) < 4.78 is 11.0. The van der Waals surface area contributed by atoms with Crippen molar-refractivity contribution in [3.63, 3.8) is 0 Å². The lowest BCUT2D eigenvalue weighted by atomic mass is 9.98.